The smallest absolute Gasteiger partial charge is 0.412 e. The summed E-state index contributed by atoms with van der Waals surface area (Å²) in [6.45, 7) is 2.40. The number of benzene rings is 1. The van der Waals surface area contributed by atoms with Gasteiger partial charge in [-0.15, -0.1) is 5.10 Å². The lowest BCUT2D eigenvalue weighted by Gasteiger charge is -2.07. The molecule has 0 bridgehead atoms. The van der Waals surface area contributed by atoms with Gasteiger partial charge in [0.1, 0.15) is 17.2 Å². The molecule has 10 nitrogen and oxygen atoms in total. The Morgan fingerprint density at radius 2 is 1.90 bits per heavy atom. The maximum atomic E-state index is 12.8. The van der Waals surface area contributed by atoms with Crippen LogP contribution < -0.4 is 5.32 Å². The second-order valence-corrected chi connectivity index (χ2v) is 6.63. The number of tetrazole rings is 1. The Bertz CT molecular complexity index is 1060. The van der Waals surface area contributed by atoms with E-state index in [0.29, 0.717) is 23.7 Å². The normalized spacial score (nSPS) is 11.2. The van der Waals surface area contributed by atoms with Crippen molar-refractivity contribution in [2.24, 2.45) is 12.0 Å². The fourth-order valence-electron chi connectivity index (χ4n) is 2.71. The molecule has 1 aromatic carbocycles. The molecule has 3 rings (SSSR count). The Kier molecular flexibility index (Phi) is 7.52. The van der Waals surface area contributed by atoms with Gasteiger partial charge in [0.2, 0.25) is 5.82 Å². The van der Waals surface area contributed by atoms with Crippen LogP contribution in [-0.2, 0) is 11.8 Å². The second-order valence-electron chi connectivity index (χ2n) is 6.63. The molecule has 10 heteroatoms. The molecule has 0 unspecified atom stereocenters. The van der Waals surface area contributed by atoms with Crippen LogP contribution >= 0.6 is 0 Å². The van der Waals surface area contributed by atoms with Crippen molar-refractivity contribution in [1.82, 2.24) is 25.2 Å². The average Bonchev–Trinajstić information content (AvgIpc) is 3.21. The number of hydrogen-bond donors (Lipinski definition) is 1. The molecule has 0 aliphatic heterocycles. The number of amides is 2. The molecule has 0 aliphatic carbocycles. The van der Waals surface area contributed by atoms with Crippen molar-refractivity contribution in [2.45, 2.75) is 26.2 Å². The van der Waals surface area contributed by atoms with Gasteiger partial charge in [0.15, 0.2) is 0 Å². The van der Waals surface area contributed by atoms with E-state index in [1.807, 2.05) is 18.2 Å². The molecular weight excluding hydrogens is 398 g/mol. The minimum absolute atomic E-state index is 0.0624. The number of hydrogen-bond acceptors (Lipinski definition) is 7. The number of carbonyl (C=O) groups excluding carboxylic acids is 2. The molecule has 160 valence electrons. The molecule has 0 radical (unpaired) electrons. The van der Waals surface area contributed by atoms with Crippen LogP contribution in [0, 0.1) is 0 Å². The van der Waals surface area contributed by atoms with E-state index in [1.54, 1.807) is 31.3 Å². The zero-order chi connectivity index (χ0) is 22.1. The Balaban J connectivity index is 1.79. The Hall–Kier alpha value is -3.95. The average molecular weight is 421 g/mol. The number of anilines is 1. The first-order chi connectivity index (χ1) is 15.1. The molecule has 0 aliphatic rings. The predicted octanol–water partition coefficient (Wildman–Crippen LogP) is 3.02. The highest BCUT2D eigenvalue weighted by molar-refractivity contribution is 6.16. The molecule has 2 amide bonds. The summed E-state index contributed by atoms with van der Waals surface area (Å²) in [4.78, 5) is 33.1. The molecule has 0 saturated heterocycles. The van der Waals surface area contributed by atoms with E-state index in [1.165, 1.54) is 10.7 Å². The van der Waals surface area contributed by atoms with Crippen LogP contribution in [0.1, 0.15) is 48.1 Å². The van der Waals surface area contributed by atoms with Crippen molar-refractivity contribution in [2.75, 3.05) is 11.9 Å². The highest BCUT2D eigenvalue weighted by Gasteiger charge is 2.17. The van der Waals surface area contributed by atoms with Gasteiger partial charge in [-0.1, -0.05) is 56.2 Å². The summed E-state index contributed by atoms with van der Waals surface area (Å²) in [5.74, 6) is -0.0607. The van der Waals surface area contributed by atoms with Gasteiger partial charge in [-0.25, -0.2) is 19.5 Å². The van der Waals surface area contributed by atoms with Crippen LogP contribution in [0.5, 0.6) is 0 Å². The maximum absolute atomic E-state index is 12.8. The van der Waals surface area contributed by atoms with E-state index in [4.69, 9.17) is 4.74 Å². The molecule has 31 heavy (non-hydrogen) atoms. The molecule has 2 heterocycles. The molecule has 2 aromatic heterocycles. The highest BCUT2D eigenvalue weighted by atomic mass is 16.5. The van der Waals surface area contributed by atoms with Crippen LogP contribution in [0.15, 0.2) is 53.5 Å². The fourth-order valence-corrected chi connectivity index (χ4v) is 2.71. The maximum Gasteiger partial charge on any atom is 0.412 e. The minimum Gasteiger partial charge on any atom is -0.449 e. The first-order valence-corrected chi connectivity index (χ1v) is 9.90. The summed E-state index contributed by atoms with van der Waals surface area (Å²) in [5.41, 5.74) is 1.06. The number of carbonyl (C=O) groups is 2. The number of aryl methyl sites for hydroxylation is 1. The van der Waals surface area contributed by atoms with E-state index in [9.17, 15) is 9.59 Å². The second kappa shape index (κ2) is 10.7. The minimum atomic E-state index is -0.619. The first kappa shape index (κ1) is 21.8. The number of nitrogens with one attached hydrogen (secondary N) is 1. The number of nitrogens with zero attached hydrogens (tertiary/aromatic N) is 6. The first-order valence-electron chi connectivity index (χ1n) is 9.90. The van der Waals surface area contributed by atoms with Crippen LogP contribution in [0.3, 0.4) is 0 Å². The number of aliphatic imine (C=N–C) groups is 1. The van der Waals surface area contributed by atoms with E-state index in [2.05, 4.69) is 37.7 Å². The summed E-state index contributed by atoms with van der Waals surface area (Å²) in [7, 11) is 1.66. The predicted molar refractivity (Wildman–Crippen MR) is 114 cm³/mol. The number of unbranched alkanes of at least 4 members (excludes halogenated alkanes) is 2. The molecule has 0 spiro atoms. The fraction of sp³-hybridized carbons (Fsp3) is 0.286. The topological polar surface area (TPSA) is 124 Å². The monoisotopic (exact) mass is 421 g/mol. The number of pyridine rings is 1. The summed E-state index contributed by atoms with van der Waals surface area (Å²) >= 11 is 0. The number of aromatic nitrogens is 5. The van der Waals surface area contributed by atoms with Crippen molar-refractivity contribution in [1.29, 1.82) is 0 Å². The lowest BCUT2D eigenvalue weighted by molar-refractivity contribution is 0.0998. The molecule has 1 N–H and O–H groups in total. The van der Waals surface area contributed by atoms with Gasteiger partial charge >= 0.3 is 6.09 Å². The van der Waals surface area contributed by atoms with Crippen LogP contribution in [0.4, 0.5) is 10.6 Å². The van der Waals surface area contributed by atoms with Crippen LogP contribution in [-0.4, -0.2) is 49.5 Å². The van der Waals surface area contributed by atoms with Gasteiger partial charge in [0, 0.05) is 12.6 Å². The van der Waals surface area contributed by atoms with Gasteiger partial charge in [-0.05, 0) is 29.0 Å². The van der Waals surface area contributed by atoms with Crippen molar-refractivity contribution in [3.63, 3.8) is 0 Å². The van der Waals surface area contributed by atoms with Crippen LogP contribution in [0.25, 0.3) is 0 Å². The lowest BCUT2D eigenvalue weighted by Crippen LogP contribution is -2.17. The SMILES string of the molecule is CCCCCOC(=O)Nc1cccc(C(=O)/N=C(/c2ccccc2)c2nnnn2C)n1. The van der Waals surface area contributed by atoms with Gasteiger partial charge in [-0.3, -0.25) is 10.1 Å². The van der Waals surface area contributed by atoms with E-state index in [-0.39, 0.29) is 11.5 Å². The van der Waals surface area contributed by atoms with Gasteiger partial charge in [0.05, 0.1) is 6.61 Å². The van der Waals surface area contributed by atoms with Gasteiger partial charge in [0.25, 0.3) is 5.91 Å². The third-order valence-electron chi connectivity index (χ3n) is 4.27. The quantitative estimate of drug-likeness (QED) is 0.438. The summed E-state index contributed by atoms with van der Waals surface area (Å²) < 4.78 is 6.54. The Labute approximate surface area is 179 Å². The zero-order valence-electron chi connectivity index (χ0n) is 17.4. The molecule has 0 saturated carbocycles. The summed E-state index contributed by atoms with van der Waals surface area (Å²) in [5, 5.41) is 13.9. The molecular formula is C21H23N7O3. The third kappa shape index (κ3) is 6.01. The molecule has 0 atom stereocenters. The van der Waals surface area contributed by atoms with E-state index in [0.717, 1.165) is 19.3 Å². The van der Waals surface area contributed by atoms with Crippen molar-refractivity contribution in [3.8, 4) is 0 Å². The molecule has 3 aromatic rings. The lowest BCUT2D eigenvalue weighted by atomic mass is 10.1. The summed E-state index contributed by atoms with van der Waals surface area (Å²) in [6.07, 6.45) is 2.20. The van der Waals surface area contributed by atoms with Crippen molar-refractivity contribution in [3.05, 3.63) is 65.6 Å². The van der Waals surface area contributed by atoms with E-state index >= 15 is 0 Å². The standard InChI is InChI=1S/C21H23N7O3/c1-3-4-8-14-31-21(30)23-17-13-9-12-16(22-17)20(29)24-18(15-10-6-5-7-11-15)19-25-26-27-28(19)2/h5-7,9-13H,3-4,8,14H2,1-2H3,(H,22,23,30)/b24-18-. The van der Waals surface area contributed by atoms with Crippen molar-refractivity contribution >= 4 is 23.5 Å². The van der Waals surface area contributed by atoms with Gasteiger partial charge < -0.3 is 4.74 Å². The summed E-state index contributed by atoms with van der Waals surface area (Å²) in [6, 6.07) is 13.8. The van der Waals surface area contributed by atoms with E-state index < -0.39 is 12.0 Å². The Morgan fingerprint density at radius 3 is 2.61 bits per heavy atom. The Morgan fingerprint density at radius 1 is 1.10 bits per heavy atom. The largest absolute Gasteiger partial charge is 0.449 e. The molecule has 0 fully saturated rings. The van der Waals surface area contributed by atoms with Gasteiger partial charge in [-0.2, -0.15) is 0 Å². The zero-order valence-corrected chi connectivity index (χ0v) is 17.4. The number of ether oxygens (including phenoxy) is 1. The number of rotatable bonds is 8. The van der Waals surface area contributed by atoms with Crippen molar-refractivity contribution < 1.29 is 14.3 Å². The highest BCUT2D eigenvalue weighted by Crippen LogP contribution is 2.11. The third-order valence-corrected chi connectivity index (χ3v) is 4.27. The van der Waals surface area contributed by atoms with Crippen LogP contribution in [0.2, 0.25) is 0 Å².